The van der Waals surface area contributed by atoms with Crippen LogP contribution in [0.1, 0.15) is 70.6 Å². The van der Waals surface area contributed by atoms with Crippen LogP contribution in [0.15, 0.2) is 42.5 Å². The number of pyridine rings is 1. The van der Waals surface area contributed by atoms with Crippen LogP contribution >= 0.6 is 0 Å². The van der Waals surface area contributed by atoms with E-state index in [0.29, 0.717) is 19.1 Å². The highest BCUT2D eigenvalue weighted by atomic mass is 16.5. The van der Waals surface area contributed by atoms with Crippen molar-refractivity contribution < 1.29 is 14.3 Å². The van der Waals surface area contributed by atoms with E-state index < -0.39 is 0 Å². The second kappa shape index (κ2) is 15.7. The van der Waals surface area contributed by atoms with E-state index in [9.17, 15) is 4.79 Å². The summed E-state index contributed by atoms with van der Waals surface area (Å²) in [6.45, 7) is 16.5. The van der Waals surface area contributed by atoms with Crippen molar-refractivity contribution in [2.45, 2.75) is 79.8 Å². The number of ether oxygens (including phenoxy) is 1. The predicted molar refractivity (Wildman–Crippen MR) is 156 cm³/mol. The molecule has 3 heterocycles. The molecular formula is C31H44N4O3. The monoisotopic (exact) mass is 520 g/mol. The van der Waals surface area contributed by atoms with E-state index in [1.165, 1.54) is 11.1 Å². The Hall–Kier alpha value is -3.45. The number of nitrogens with one attached hydrogen (secondary N) is 2. The van der Waals surface area contributed by atoms with E-state index in [2.05, 4.69) is 53.3 Å². The molecule has 2 N–H and O–H groups in total. The summed E-state index contributed by atoms with van der Waals surface area (Å²) < 4.78 is 5.58. The van der Waals surface area contributed by atoms with Crippen LogP contribution in [-0.2, 0) is 22.6 Å². The number of nitrogens with zero attached hydrogens (tertiary/aromatic N) is 2. The number of hydrogen-bond acceptors (Lipinski definition) is 6. The van der Waals surface area contributed by atoms with Gasteiger partial charge in [-0.15, -0.1) is 0 Å². The summed E-state index contributed by atoms with van der Waals surface area (Å²) >= 11 is 0. The molecule has 1 atom stereocenters. The summed E-state index contributed by atoms with van der Waals surface area (Å²) in [4.78, 5) is 30.3. The zero-order valence-electron chi connectivity index (χ0n) is 23.9. The average molecular weight is 521 g/mol. The highest BCUT2D eigenvalue weighted by Crippen LogP contribution is 2.31. The summed E-state index contributed by atoms with van der Waals surface area (Å²) in [5, 5.41) is 3.58. The fourth-order valence-electron chi connectivity index (χ4n) is 4.84. The first-order chi connectivity index (χ1) is 18.5. The zero-order valence-corrected chi connectivity index (χ0v) is 23.9. The molecule has 1 aliphatic heterocycles. The van der Waals surface area contributed by atoms with Crippen molar-refractivity contribution in [2.24, 2.45) is 0 Å². The number of hydrogen-bond donors (Lipinski definition) is 2. The molecule has 3 aromatic rings. The number of aromatic amines is 1. The van der Waals surface area contributed by atoms with Crippen molar-refractivity contribution in [1.82, 2.24) is 14.9 Å². The SMILES string of the molecule is C=O.CC.CCOc1ccc(-c2nc(Nc3cccc4c3CCN(C(CC)CCC(C)=O)C4)ccc2C)[nH]1. The first kappa shape index (κ1) is 30.8. The number of benzene rings is 1. The van der Waals surface area contributed by atoms with Gasteiger partial charge in [0, 0.05) is 37.3 Å². The van der Waals surface area contributed by atoms with Gasteiger partial charge in [0.1, 0.15) is 18.4 Å². The molecule has 0 bridgehead atoms. The summed E-state index contributed by atoms with van der Waals surface area (Å²) in [7, 11) is 0. The van der Waals surface area contributed by atoms with Gasteiger partial charge in [-0.2, -0.15) is 0 Å². The Morgan fingerprint density at radius 2 is 1.92 bits per heavy atom. The lowest BCUT2D eigenvalue weighted by molar-refractivity contribution is -0.117. The smallest absolute Gasteiger partial charge is 0.191 e. The number of anilines is 2. The Labute approximate surface area is 228 Å². The molecule has 206 valence electrons. The van der Waals surface area contributed by atoms with Gasteiger partial charge >= 0.3 is 0 Å². The molecule has 0 fully saturated rings. The fourth-order valence-corrected chi connectivity index (χ4v) is 4.84. The third-order valence-corrected chi connectivity index (χ3v) is 6.69. The van der Waals surface area contributed by atoms with Crippen molar-refractivity contribution in [3.8, 4) is 17.3 Å². The van der Waals surface area contributed by atoms with E-state index in [4.69, 9.17) is 14.5 Å². The Morgan fingerprint density at radius 1 is 1.16 bits per heavy atom. The fraction of sp³-hybridized carbons (Fsp3) is 0.452. The highest BCUT2D eigenvalue weighted by Gasteiger charge is 2.24. The molecule has 0 aliphatic carbocycles. The number of rotatable bonds is 10. The number of aromatic nitrogens is 2. The van der Waals surface area contributed by atoms with Gasteiger partial charge in [0.05, 0.1) is 18.0 Å². The van der Waals surface area contributed by atoms with Crippen molar-refractivity contribution in [3.63, 3.8) is 0 Å². The molecule has 1 aliphatic rings. The lowest BCUT2D eigenvalue weighted by Crippen LogP contribution is -2.39. The Bertz CT molecular complexity index is 1160. The minimum Gasteiger partial charge on any atom is -0.479 e. The van der Waals surface area contributed by atoms with Crippen molar-refractivity contribution in [1.29, 1.82) is 0 Å². The van der Waals surface area contributed by atoms with Crippen LogP contribution in [0.2, 0.25) is 0 Å². The van der Waals surface area contributed by atoms with Gasteiger partial charge in [-0.3, -0.25) is 4.90 Å². The van der Waals surface area contributed by atoms with E-state index in [-0.39, 0.29) is 5.78 Å². The van der Waals surface area contributed by atoms with Gasteiger partial charge in [-0.25, -0.2) is 4.98 Å². The van der Waals surface area contributed by atoms with Gasteiger partial charge in [-0.1, -0.05) is 39.0 Å². The van der Waals surface area contributed by atoms with Crippen LogP contribution in [0.3, 0.4) is 0 Å². The average Bonchev–Trinajstić information content (AvgIpc) is 3.41. The number of H-pyrrole nitrogens is 1. The van der Waals surface area contributed by atoms with Crippen molar-refractivity contribution >= 4 is 24.1 Å². The van der Waals surface area contributed by atoms with Gasteiger partial charge < -0.3 is 24.6 Å². The summed E-state index contributed by atoms with van der Waals surface area (Å²) in [6, 6.07) is 15.0. The lowest BCUT2D eigenvalue weighted by atomic mass is 9.94. The molecular weight excluding hydrogens is 476 g/mol. The second-order valence-corrected chi connectivity index (χ2v) is 9.12. The summed E-state index contributed by atoms with van der Waals surface area (Å²) in [5.41, 5.74) is 6.82. The molecule has 38 heavy (non-hydrogen) atoms. The second-order valence-electron chi connectivity index (χ2n) is 9.12. The molecule has 0 radical (unpaired) electrons. The van der Waals surface area contributed by atoms with E-state index in [1.807, 2.05) is 45.8 Å². The van der Waals surface area contributed by atoms with Gasteiger partial charge in [-0.05, 0) is 74.9 Å². The maximum Gasteiger partial charge on any atom is 0.191 e. The van der Waals surface area contributed by atoms with Gasteiger partial charge in [0.15, 0.2) is 5.88 Å². The van der Waals surface area contributed by atoms with Gasteiger partial charge in [0.2, 0.25) is 0 Å². The Morgan fingerprint density at radius 3 is 2.61 bits per heavy atom. The number of aryl methyl sites for hydroxylation is 1. The molecule has 0 saturated heterocycles. The topological polar surface area (TPSA) is 87.3 Å². The molecule has 0 amide bonds. The first-order valence-corrected chi connectivity index (χ1v) is 13.7. The normalized spacial score (nSPS) is 13.2. The highest BCUT2D eigenvalue weighted by molar-refractivity contribution is 5.75. The van der Waals surface area contributed by atoms with Crippen LogP contribution in [0.25, 0.3) is 11.4 Å². The zero-order chi connectivity index (χ0) is 28.1. The number of carbonyl (C=O) groups is 2. The molecule has 1 unspecified atom stereocenters. The maximum atomic E-state index is 11.5. The van der Waals surface area contributed by atoms with Crippen LogP contribution in [-0.4, -0.2) is 46.6 Å². The number of Topliss-reactive ketones (excluding diaryl/α,β-unsaturated/α-hetero) is 1. The molecule has 4 rings (SSSR count). The van der Waals surface area contributed by atoms with Crippen LogP contribution in [0.5, 0.6) is 5.88 Å². The minimum atomic E-state index is 0.278. The van der Waals surface area contributed by atoms with Crippen LogP contribution in [0, 0.1) is 6.92 Å². The van der Waals surface area contributed by atoms with Crippen molar-refractivity contribution in [3.05, 3.63) is 59.2 Å². The first-order valence-electron chi connectivity index (χ1n) is 13.7. The number of fused-ring (bicyclic) bond motifs is 1. The molecule has 0 spiro atoms. The quantitative estimate of drug-likeness (QED) is 0.303. The third kappa shape index (κ3) is 8.02. The Balaban J connectivity index is 0.00000121. The van der Waals surface area contributed by atoms with Crippen molar-refractivity contribution in [2.75, 3.05) is 18.5 Å². The number of ketones is 1. The summed E-state index contributed by atoms with van der Waals surface area (Å²) in [6.07, 6.45) is 3.67. The Kier molecular flexibility index (Phi) is 12.7. The molecule has 1 aromatic carbocycles. The standard InChI is InChI=1S/C28H36N4O2.C2H6.CH2O/c1-5-22(12-11-20(4)33)32-17-16-23-21(18-32)8-7-9-24(23)29-26-14-10-19(3)28(31-26)25-13-15-27(30-25)34-6-2;2*1-2/h7-10,13-15,22,30H,5-6,11-12,16-18H2,1-4H3,(H,29,31);1-2H3;1H2. The largest absolute Gasteiger partial charge is 0.479 e. The van der Waals surface area contributed by atoms with E-state index in [0.717, 1.165) is 66.7 Å². The third-order valence-electron chi connectivity index (χ3n) is 6.69. The van der Waals surface area contributed by atoms with Crippen LogP contribution < -0.4 is 10.1 Å². The van der Waals surface area contributed by atoms with Crippen LogP contribution in [0.4, 0.5) is 11.5 Å². The van der Waals surface area contributed by atoms with Gasteiger partial charge in [0.25, 0.3) is 0 Å². The lowest BCUT2D eigenvalue weighted by Gasteiger charge is -2.36. The molecule has 7 heteroatoms. The summed E-state index contributed by atoms with van der Waals surface area (Å²) in [5.74, 6) is 1.87. The van der Waals surface area contributed by atoms with E-state index >= 15 is 0 Å². The van der Waals surface area contributed by atoms with E-state index in [1.54, 1.807) is 6.92 Å². The maximum absolute atomic E-state index is 11.5. The molecule has 0 saturated carbocycles. The molecule has 2 aromatic heterocycles. The minimum absolute atomic E-state index is 0.278. The predicted octanol–water partition coefficient (Wildman–Crippen LogP) is 6.87. The molecule has 7 nitrogen and oxygen atoms in total. The number of carbonyl (C=O) groups excluding carboxylic acids is 2.